The van der Waals surface area contributed by atoms with Crippen molar-refractivity contribution < 1.29 is 18.6 Å². The second-order valence-corrected chi connectivity index (χ2v) is 3.74. The second-order valence-electron chi connectivity index (χ2n) is 2.95. The summed E-state index contributed by atoms with van der Waals surface area (Å²) in [4.78, 5) is 0. The first-order valence-corrected chi connectivity index (χ1v) is 4.98. The third-order valence-electron chi connectivity index (χ3n) is 1.86. The first kappa shape index (κ1) is 12.5. The van der Waals surface area contributed by atoms with Crippen molar-refractivity contribution in [3.8, 4) is 0 Å². The van der Waals surface area contributed by atoms with E-state index < -0.39 is 19.3 Å². The minimum absolute atomic E-state index is 0.204. The molecule has 1 rings (SSSR count). The van der Waals surface area contributed by atoms with Gasteiger partial charge >= 0.3 is 0 Å². The number of aryl methyl sites for hydroxylation is 1. The number of rotatable bonds is 4. The predicted octanol–water partition coefficient (Wildman–Crippen LogP) is 1.86. The summed E-state index contributed by atoms with van der Waals surface area (Å²) >= 11 is 3.16. The van der Waals surface area contributed by atoms with E-state index in [0.717, 1.165) is 4.68 Å². The second kappa shape index (κ2) is 5.00. The molecular formula is C8H11BrF2N2O2. The molecule has 1 heterocycles. The molecule has 0 aliphatic rings. The Kier molecular flexibility index (Phi) is 4.18. The summed E-state index contributed by atoms with van der Waals surface area (Å²) in [6.45, 7) is 1.08. The van der Waals surface area contributed by atoms with Crippen LogP contribution in [0.1, 0.15) is 17.7 Å². The maximum atomic E-state index is 12.2. The summed E-state index contributed by atoms with van der Waals surface area (Å²) in [6.07, 6.45) is -3.79. The summed E-state index contributed by atoms with van der Waals surface area (Å²) in [6, 6.07) is 0. The van der Waals surface area contributed by atoms with E-state index in [9.17, 15) is 13.9 Å². The van der Waals surface area contributed by atoms with E-state index in [4.69, 9.17) is 0 Å². The molecule has 0 aliphatic heterocycles. The molecule has 7 heteroatoms. The van der Waals surface area contributed by atoms with E-state index in [0.29, 0.717) is 10.2 Å². The fourth-order valence-corrected chi connectivity index (χ4v) is 1.67. The Hall–Kier alpha value is -0.530. The monoisotopic (exact) mass is 284 g/mol. The van der Waals surface area contributed by atoms with Gasteiger partial charge in [-0.1, -0.05) is 0 Å². The molecule has 0 amide bonds. The first-order chi connectivity index (χ1) is 6.97. The normalized spacial score (nSPS) is 13.5. The SMILES string of the molecule is COC(O)c1c(Br)c(C)nn1CC(F)F. The number of methoxy groups -OCH3 is 1. The number of alkyl halides is 2. The fraction of sp³-hybridized carbons (Fsp3) is 0.625. The Morgan fingerprint density at radius 3 is 2.67 bits per heavy atom. The van der Waals surface area contributed by atoms with Gasteiger partial charge in [0.2, 0.25) is 0 Å². The van der Waals surface area contributed by atoms with Gasteiger partial charge in [-0.3, -0.25) is 4.68 Å². The highest BCUT2D eigenvalue weighted by Gasteiger charge is 2.21. The van der Waals surface area contributed by atoms with Gasteiger partial charge in [0, 0.05) is 7.11 Å². The van der Waals surface area contributed by atoms with Gasteiger partial charge in [0.05, 0.1) is 10.2 Å². The summed E-state index contributed by atoms with van der Waals surface area (Å²) in [5, 5.41) is 13.3. The number of aliphatic hydroxyl groups excluding tert-OH is 1. The van der Waals surface area contributed by atoms with Gasteiger partial charge in [0.25, 0.3) is 6.43 Å². The van der Waals surface area contributed by atoms with Crippen molar-refractivity contribution in [3.05, 3.63) is 15.9 Å². The number of halogens is 3. The van der Waals surface area contributed by atoms with Crippen LogP contribution in [0.3, 0.4) is 0 Å². The van der Waals surface area contributed by atoms with Gasteiger partial charge in [0.1, 0.15) is 12.2 Å². The molecule has 0 radical (unpaired) electrons. The average molecular weight is 285 g/mol. The number of nitrogens with zero attached hydrogens (tertiary/aromatic N) is 2. The van der Waals surface area contributed by atoms with Gasteiger partial charge in [0.15, 0.2) is 6.29 Å². The van der Waals surface area contributed by atoms with E-state index in [1.54, 1.807) is 6.92 Å². The van der Waals surface area contributed by atoms with Crippen molar-refractivity contribution in [2.75, 3.05) is 7.11 Å². The van der Waals surface area contributed by atoms with Gasteiger partial charge < -0.3 is 9.84 Å². The van der Waals surface area contributed by atoms with Gasteiger partial charge in [-0.2, -0.15) is 5.10 Å². The van der Waals surface area contributed by atoms with E-state index in [1.807, 2.05) is 0 Å². The van der Waals surface area contributed by atoms with Crippen LogP contribution in [0, 0.1) is 6.92 Å². The van der Waals surface area contributed by atoms with Gasteiger partial charge in [-0.05, 0) is 22.9 Å². The lowest BCUT2D eigenvalue weighted by Crippen LogP contribution is -2.15. The zero-order chi connectivity index (χ0) is 11.6. The predicted molar refractivity (Wildman–Crippen MR) is 52.6 cm³/mol. The maximum absolute atomic E-state index is 12.2. The molecular weight excluding hydrogens is 274 g/mol. The molecule has 0 spiro atoms. The van der Waals surface area contributed by atoms with Crippen molar-refractivity contribution in [3.63, 3.8) is 0 Å². The standard InChI is InChI=1S/C8H11BrF2N2O2/c1-4-6(9)7(8(14)15-2)13(12-4)3-5(10)11/h5,8,14H,3H2,1-2H3. The molecule has 0 saturated heterocycles. The third kappa shape index (κ3) is 2.73. The largest absolute Gasteiger partial charge is 0.363 e. The van der Waals surface area contributed by atoms with Gasteiger partial charge in [-0.15, -0.1) is 0 Å². The molecule has 0 fully saturated rings. The number of aliphatic hydroxyl groups is 1. The number of aromatic nitrogens is 2. The number of ether oxygens (including phenoxy) is 1. The molecule has 0 bridgehead atoms. The Morgan fingerprint density at radius 2 is 2.20 bits per heavy atom. The lowest BCUT2D eigenvalue weighted by molar-refractivity contribution is -0.0841. The molecule has 1 atom stereocenters. The van der Waals surface area contributed by atoms with Crippen LogP contribution in [0.25, 0.3) is 0 Å². The molecule has 86 valence electrons. The molecule has 4 nitrogen and oxygen atoms in total. The molecule has 0 saturated carbocycles. The maximum Gasteiger partial charge on any atom is 0.257 e. The van der Waals surface area contributed by atoms with Crippen molar-refractivity contribution in [1.29, 1.82) is 0 Å². The Labute approximate surface area is 94.0 Å². The van der Waals surface area contributed by atoms with Crippen molar-refractivity contribution in [2.45, 2.75) is 26.2 Å². The molecule has 1 aromatic heterocycles. The lowest BCUT2D eigenvalue weighted by atomic mass is 10.3. The van der Waals surface area contributed by atoms with Crippen molar-refractivity contribution >= 4 is 15.9 Å². The zero-order valence-electron chi connectivity index (χ0n) is 8.25. The van der Waals surface area contributed by atoms with Crippen LogP contribution < -0.4 is 0 Å². The van der Waals surface area contributed by atoms with Crippen LogP contribution in [0.15, 0.2) is 4.47 Å². The van der Waals surface area contributed by atoms with E-state index in [2.05, 4.69) is 25.8 Å². The Morgan fingerprint density at radius 1 is 1.60 bits per heavy atom. The lowest BCUT2D eigenvalue weighted by Gasteiger charge is -2.11. The number of hydrogen-bond donors (Lipinski definition) is 1. The van der Waals surface area contributed by atoms with E-state index >= 15 is 0 Å². The summed E-state index contributed by atoms with van der Waals surface area (Å²) < 4.78 is 30.6. The zero-order valence-corrected chi connectivity index (χ0v) is 9.83. The van der Waals surface area contributed by atoms with Crippen molar-refractivity contribution in [1.82, 2.24) is 9.78 Å². The molecule has 0 aromatic carbocycles. The topological polar surface area (TPSA) is 47.3 Å². The molecule has 1 N–H and O–H groups in total. The fourth-order valence-electron chi connectivity index (χ4n) is 1.19. The summed E-state index contributed by atoms with van der Waals surface area (Å²) in [5.41, 5.74) is 0.733. The van der Waals surface area contributed by atoms with Crippen LogP contribution in [0.5, 0.6) is 0 Å². The summed E-state index contributed by atoms with van der Waals surface area (Å²) in [7, 11) is 1.28. The Bertz CT molecular complexity index is 344. The third-order valence-corrected chi connectivity index (χ3v) is 2.84. The molecule has 1 unspecified atom stereocenters. The van der Waals surface area contributed by atoms with E-state index in [-0.39, 0.29) is 5.69 Å². The van der Waals surface area contributed by atoms with Gasteiger partial charge in [-0.25, -0.2) is 8.78 Å². The van der Waals surface area contributed by atoms with Crippen LogP contribution in [-0.2, 0) is 11.3 Å². The van der Waals surface area contributed by atoms with Crippen LogP contribution >= 0.6 is 15.9 Å². The minimum Gasteiger partial charge on any atom is -0.363 e. The first-order valence-electron chi connectivity index (χ1n) is 4.19. The smallest absolute Gasteiger partial charge is 0.257 e. The van der Waals surface area contributed by atoms with Crippen LogP contribution in [0.4, 0.5) is 8.78 Å². The average Bonchev–Trinajstić information content (AvgIpc) is 2.41. The Balaban J connectivity index is 3.09. The highest BCUT2D eigenvalue weighted by Crippen LogP contribution is 2.27. The van der Waals surface area contributed by atoms with Crippen LogP contribution in [0.2, 0.25) is 0 Å². The quantitative estimate of drug-likeness (QED) is 0.859. The minimum atomic E-state index is -2.53. The molecule has 0 aliphatic carbocycles. The molecule has 15 heavy (non-hydrogen) atoms. The van der Waals surface area contributed by atoms with Crippen LogP contribution in [-0.4, -0.2) is 28.4 Å². The van der Waals surface area contributed by atoms with Crippen molar-refractivity contribution in [2.24, 2.45) is 0 Å². The summed E-state index contributed by atoms with van der Waals surface area (Å²) in [5.74, 6) is 0. The molecule has 1 aromatic rings. The highest BCUT2D eigenvalue weighted by molar-refractivity contribution is 9.10. The number of hydrogen-bond acceptors (Lipinski definition) is 3. The highest BCUT2D eigenvalue weighted by atomic mass is 79.9. The van der Waals surface area contributed by atoms with E-state index in [1.165, 1.54) is 7.11 Å².